The zero-order chi connectivity index (χ0) is 26.0. The van der Waals surface area contributed by atoms with Crippen LogP contribution in [0.4, 0.5) is 4.39 Å². The number of amides is 1. The molecule has 2 heterocycles. The van der Waals surface area contributed by atoms with Gasteiger partial charge in [0.15, 0.2) is 4.80 Å². The van der Waals surface area contributed by atoms with E-state index < -0.39 is 27.7 Å². The van der Waals surface area contributed by atoms with Gasteiger partial charge in [-0.1, -0.05) is 11.3 Å². The number of esters is 1. The second-order valence-electron chi connectivity index (χ2n) is 8.76. The molecule has 0 unspecified atom stereocenters. The first kappa shape index (κ1) is 26.2. The van der Waals surface area contributed by atoms with Gasteiger partial charge in [0.2, 0.25) is 10.0 Å². The molecular formula is C25H28FN3O5S2. The van der Waals surface area contributed by atoms with Gasteiger partial charge in [0, 0.05) is 19.0 Å². The van der Waals surface area contributed by atoms with E-state index in [9.17, 15) is 22.4 Å². The van der Waals surface area contributed by atoms with E-state index in [4.69, 9.17) is 4.74 Å². The average Bonchev–Trinajstić information content (AvgIpc) is 3.15. The fourth-order valence-electron chi connectivity index (χ4n) is 4.18. The van der Waals surface area contributed by atoms with E-state index in [1.54, 1.807) is 11.5 Å². The lowest BCUT2D eigenvalue weighted by molar-refractivity contribution is -0.143. The first-order valence-corrected chi connectivity index (χ1v) is 14.0. The Hall–Kier alpha value is -2.89. The molecule has 0 radical (unpaired) electrons. The highest BCUT2D eigenvalue weighted by Gasteiger charge is 2.32. The Bertz CT molecular complexity index is 1470. The second-order valence-corrected chi connectivity index (χ2v) is 11.7. The van der Waals surface area contributed by atoms with Gasteiger partial charge in [-0.2, -0.15) is 9.30 Å². The number of rotatable bonds is 6. The van der Waals surface area contributed by atoms with Crippen LogP contribution in [0.5, 0.6) is 0 Å². The number of hydrogen-bond donors (Lipinski definition) is 0. The molecule has 0 atom stereocenters. The molecule has 36 heavy (non-hydrogen) atoms. The van der Waals surface area contributed by atoms with Crippen LogP contribution in [0.15, 0.2) is 46.3 Å². The fraction of sp³-hybridized carbons (Fsp3) is 0.400. The number of aromatic nitrogens is 1. The minimum Gasteiger partial charge on any atom is -0.465 e. The number of nitrogens with zero attached hydrogens (tertiary/aromatic N) is 3. The van der Waals surface area contributed by atoms with Crippen molar-refractivity contribution in [1.29, 1.82) is 0 Å². The highest BCUT2D eigenvalue weighted by molar-refractivity contribution is 7.89. The lowest BCUT2D eigenvalue weighted by Crippen LogP contribution is -2.40. The predicted molar refractivity (Wildman–Crippen MR) is 134 cm³/mol. The summed E-state index contributed by atoms with van der Waals surface area (Å²) in [6, 6.07) is 8.69. The average molecular weight is 534 g/mol. The van der Waals surface area contributed by atoms with Gasteiger partial charge in [-0.05, 0) is 81.1 Å². The van der Waals surface area contributed by atoms with Crippen LogP contribution in [0.3, 0.4) is 0 Å². The summed E-state index contributed by atoms with van der Waals surface area (Å²) in [5.41, 5.74) is 2.97. The molecule has 11 heteroatoms. The molecule has 192 valence electrons. The quantitative estimate of drug-likeness (QED) is 0.452. The van der Waals surface area contributed by atoms with Crippen LogP contribution in [-0.4, -0.2) is 48.9 Å². The number of carbonyl (C=O) groups is 2. The van der Waals surface area contributed by atoms with Crippen molar-refractivity contribution in [2.45, 2.75) is 45.1 Å². The molecule has 3 aromatic rings. The Balaban J connectivity index is 1.57. The number of sulfonamides is 1. The maximum atomic E-state index is 13.2. The van der Waals surface area contributed by atoms with Crippen molar-refractivity contribution >= 4 is 43.5 Å². The Labute approximate surface area is 213 Å². The van der Waals surface area contributed by atoms with Crippen LogP contribution in [0.1, 0.15) is 30.9 Å². The Kier molecular flexibility index (Phi) is 7.72. The van der Waals surface area contributed by atoms with Crippen molar-refractivity contribution in [2.75, 3.05) is 19.7 Å². The summed E-state index contributed by atoms with van der Waals surface area (Å²) < 4.78 is 48.0. The van der Waals surface area contributed by atoms with Crippen LogP contribution in [0.2, 0.25) is 0 Å². The molecule has 0 saturated carbocycles. The molecule has 4 rings (SSSR count). The fourth-order valence-corrected chi connectivity index (χ4v) is 6.76. The lowest BCUT2D eigenvalue weighted by atomic mass is 9.98. The molecule has 1 aliphatic heterocycles. The van der Waals surface area contributed by atoms with Gasteiger partial charge in [-0.3, -0.25) is 9.59 Å². The highest BCUT2D eigenvalue weighted by atomic mass is 32.2. The molecule has 8 nitrogen and oxygen atoms in total. The molecule has 0 N–H and O–H groups in total. The maximum Gasteiger partial charge on any atom is 0.326 e. The van der Waals surface area contributed by atoms with Gasteiger partial charge in [0.1, 0.15) is 12.4 Å². The van der Waals surface area contributed by atoms with Crippen molar-refractivity contribution < 1.29 is 27.1 Å². The summed E-state index contributed by atoms with van der Waals surface area (Å²) in [6.07, 6.45) is 0.646. The first-order valence-electron chi connectivity index (χ1n) is 11.7. The van der Waals surface area contributed by atoms with Gasteiger partial charge >= 0.3 is 5.97 Å². The molecule has 1 aliphatic rings. The minimum absolute atomic E-state index is 0.0224. The van der Waals surface area contributed by atoms with Gasteiger partial charge < -0.3 is 9.30 Å². The van der Waals surface area contributed by atoms with E-state index in [1.807, 2.05) is 26.0 Å². The summed E-state index contributed by atoms with van der Waals surface area (Å²) in [4.78, 5) is 30.2. The van der Waals surface area contributed by atoms with Crippen LogP contribution >= 0.6 is 11.3 Å². The number of piperidine rings is 1. The molecule has 0 aliphatic carbocycles. The zero-order valence-corrected chi connectivity index (χ0v) is 22.0. The monoisotopic (exact) mass is 533 g/mol. The SMILES string of the molecule is CCOC(=O)Cn1c(=NC(=O)C2CCN(S(=O)(=O)c3ccc(F)cc3)CC2)sc2cc(C)c(C)cc21. The number of halogens is 1. The summed E-state index contributed by atoms with van der Waals surface area (Å²) in [7, 11) is -3.77. The third-order valence-corrected chi connectivity index (χ3v) is 9.31. The number of carbonyl (C=O) groups excluding carboxylic acids is 2. The zero-order valence-electron chi connectivity index (χ0n) is 20.4. The van der Waals surface area contributed by atoms with E-state index in [1.165, 1.54) is 27.8 Å². The normalized spacial score (nSPS) is 15.9. The van der Waals surface area contributed by atoms with Crippen LogP contribution in [0, 0.1) is 25.6 Å². The largest absolute Gasteiger partial charge is 0.465 e. The van der Waals surface area contributed by atoms with Gasteiger partial charge in [0.05, 0.1) is 21.7 Å². The third-order valence-electron chi connectivity index (χ3n) is 6.35. The predicted octanol–water partition coefficient (Wildman–Crippen LogP) is 3.55. The summed E-state index contributed by atoms with van der Waals surface area (Å²) >= 11 is 1.33. The Morgan fingerprint density at radius 2 is 1.75 bits per heavy atom. The van der Waals surface area contributed by atoms with Crippen molar-refractivity contribution in [3.05, 3.63) is 58.1 Å². The van der Waals surface area contributed by atoms with Gasteiger partial charge in [0.25, 0.3) is 5.91 Å². The van der Waals surface area contributed by atoms with Crippen LogP contribution in [-0.2, 0) is 30.9 Å². The smallest absolute Gasteiger partial charge is 0.326 e. The van der Waals surface area contributed by atoms with Crippen molar-refractivity contribution in [3.63, 3.8) is 0 Å². The first-order chi connectivity index (χ1) is 17.1. The second kappa shape index (κ2) is 10.6. The van der Waals surface area contributed by atoms with Crippen molar-refractivity contribution in [1.82, 2.24) is 8.87 Å². The van der Waals surface area contributed by atoms with Crippen LogP contribution < -0.4 is 4.80 Å². The van der Waals surface area contributed by atoms with E-state index >= 15 is 0 Å². The van der Waals surface area contributed by atoms with Crippen molar-refractivity contribution in [2.24, 2.45) is 10.9 Å². The standard InChI is InChI=1S/C25H28FN3O5S2/c1-4-34-23(30)15-29-21-13-16(2)17(3)14-22(21)35-25(29)27-24(31)18-9-11-28(12-10-18)36(32,33)20-7-5-19(26)6-8-20/h5-8,13-14,18H,4,9-12,15H2,1-3H3. The third kappa shape index (κ3) is 5.42. The molecular weight excluding hydrogens is 505 g/mol. The molecule has 1 amide bonds. The summed E-state index contributed by atoms with van der Waals surface area (Å²) in [5, 5.41) is 0. The maximum absolute atomic E-state index is 13.2. The number of benzene rings is 2. The number of ether oxygens (including phenoxy) is 1. The summed E-state index contributed by atoms with van der Waals surface area (Å²) in [6.45, 7) is 6.25. The minimum atomic E-state index is -3.77. The molecule has 1 fully saturated rings. The topological polar surface area (TPSA) is 98.0 Å². The molecule has 1 aromatic heterocycles. The number of hydrogen-bond acceptors (Lipinski definition) is 6. The van der Waals surface area contributed by atoms with E-state index in [2.05, 4.69) is 4.99 Å². The van der Waals surface area contributed by atoms with E-state index in [0.29, 0.717) is 17.6 Å². The number of thiazole rings is 1. The highest BCUT2D eigenvalue weighted by Crippen LogP contribution is 2.26. The van der Waals surface area contributed by atoms with Gasteiger partial charge in [-0.15, -0.1) is 0 Å². The number of fused-ring (bicyclic) bond motifs is 1. The van der Waals surface area contributed by atoms with E-state index in [-0.39, 0.29) is 37.0 Å². The van der Waals surface area contributed by atoms with Crippen molar-refractivity contribution in [3.8, 4) is 0 Å². The van der Waals surface area contributed by atoms with E-state index in [0.717, 1.165) is 33.5 Å². The van der Waals surface area contributed by atoms with Gasteiger partial charge in [-0.25, -0.2) is 12.8 Å². The molecule has 0 spiro atoms. The Morgan fingerprint density at radius 1 is 1.11 bits per heavy atom. The Morgan fingerprint density at radius 3 is 2.39 bits per heavy atom. The molecule has 1 saturated heterocycles. The number of aryl methyl sites for hydroxylation is 2. The molecule has 2 aromatic carbocycles. The molecule has 0 bridgehead atoms. The lowest BCUT2D eigenvalue weighted by Gasteiger charge is -2.29. The summed E-state index contributed by atoms with van der Waals surface area (Å²) in [5.74, 6) is -1.70. The van der Waals surface area contributed by atoms with Crippen LogP contribution in [0.25, 0.3) is 10.2 Å².